The number of pyridine rings is 3. The van der Waals surface area contributed by atoms with Gasteiger partial charge in [0.1, 0.15) is 0 Å². The highest BCUT2D eigenvalue weighted by Gasteiger charge is 2.03. The summed E-state index contributed by atoms with van der Waals surface area (Å²) in [7, 11) is 3.19. The van der Waals surface area contributed by atoms with E-state index in [-0.39, 0.29) is 0 Å². The zero-order chi connectivity index (χ0) is 15.4. The maximum absolute atomic E-state index is 5.06. The molecule has 0 spiro atoms. The van der Waals surface area contributed by atoms with Gasteiger partial charge in [-0.05, 0) is 18.2 Å². The Hall–Kier alpha value is -2.95. The quantitative estimate of drug-likeness (QED) is 0.739. The summed E-state index contributed by atoms with van der Waals surface area (Å²) >= 11 is 0. The number of nitrogens with zero attached hydrogens (tertiary/aromatic N) is 3. The van der Waals surface area contributed by atoms with Gasteiger partial charge in [-0.15, -0.1) is 0 Å². The molecule has 5 nitrogen and oxygen atoms in total. The van der Waals surface area contributed by atoms with Crippen molar-refractivity contribution in [3.63, 3.8) is 0 Å². The average Bonchev–Trinajstić information content (AvgIpc) is 2.62. The minimum atomic E-state index is 0.588. The van der Waals surface area contributed by atoms with E-state index in [1.807, 2.05) is 42.6 Å². The maximum Gasteiger partial charge on any atom is 0.212 e. The van der Waals surface area contributed by atoms with Gasteiger partial charge in [0.05, 0.1) is 19.9 Å². The molecule has 3 aromatic rings. The first-order chi connectivity index (χ1) is 10.8. The van der Waals surface area contributed by atoms with Gasteiger partial charge in [-0.3, -0.25) is 4.98 Å². The summed E-state index contributed by atoms with van der Waals surface area (Å²) < 4.78 is 10.1. The lowest BCUT2D eigenvalue weighted by molar-refractivity contribution is 0.398. The number of ether oxygens (including phenoxy) is 2. The maximum atomic E-state index is 5.06. The molecular formula is C17H15N3O2. The van der Waals surface area contributed by atoms with Gasteiger partial charge in [0, 0.05) is 47.4 Å². The molecule has 0 fully saturated rings. The van der Waals surface area contributed by atoms with Crippen LogP contribution >= 0.6 is 0 Å². The van der Waals surface area contributed by atoms with Crippen molar-refractivity contribution in [1.29, 1.82) is 0 Å². The monoisotopic (exact) mass is 293 g/mol. The summed E-state index contributed by atoms with van der Waals surface area (Å²) in [6, 6.07) is 11.5. The fourth-order valence-corrected chi connectivity index (χ4v) is 2.06. The topological polar surface area (TPSA) is 57.1 Å². The van der Waals surface area contributed by atoms with Crippen LogP contribution in [0.25, 0.3) is 22.4 Å². The smallest absolute Gasteiger partial charge is 0.212 e. The van der Waals surface area contributed by atoms with Gasteiger partial charge in [-0.25, -0.2) is 9.97 Å². The second kappa shape index (κ2) is 6.22. The lowest BCUT2D eigenvalue weighted by Gasteiger charge is -2.05. The van der Waals surface area contributed by atoms with Crippen LogP contribution < -0.4 is 9.47 Å². The van der Waals surface area contributed by atoms with E-state index in [1.54, 1.807) is 26.6 Å². The van der Waals surface area contributed by atoms with Crippen molar-refractivity contribution in [1.82, 2.24) is 15.0 Å². The van der Waals surface area contributed by atoms with Gasteiger partial charge in [-0.1, -0.05) is 6.07 Å². The highest BCUT2D eigenvalue weighted by Crippen LogP contribution is 2.23. The van der Waals surface area contributed by atoms with Gasteiger partial charge in [-0.2, -0.15) is 0 Å². The molecule has 3 rings (SSSR count). The predicted octanol–water partition coefficient (Wildman–Crippen LogP) is 3.22. The van der Waals surface area contributed by atoms with Crippen molar-refractivity contribution >= 4 is 0 Å². The van der Waals surface area contributed by atoms with Gasteiger partial charge < -0.3 is 9.47 Å². The molecule has 0 radical (unpaired) electrons. The first-order valence-corrected chi connectivity index (χ1v) is 6.77. The molecule has 0 aromatic carbocycles. The Morgan fingerprint density at radius 3 is 1.50 bits per heavy atom. The Labute approximate surface area is 128 Å². The average molecular weight is 293 g/mol. The third-order valence-electron chi connectivity index (χ3n) is 3.28. The molecule has 0 N–H and O–H groups in total. The predicted molar refractivity (Wildman–Crippen MR) is 83.8 cm³/mol. The second-order valence-electron chi connectivity index (χ2n) is 4.61. The minimum absolute atomic E-state index is 0.588. The zero-order valence-corrected chi connectivity index (χ0v) is 12.4. The van der Waals surface area contributed by atoms with Crippen LogP contribution in [0.3, 0.4) is 0 Å². The number of hydrogen-bond donors (Lipinski definition) is 0. The van der Waals surface area contributed by atoms with Crippen molar-refractivity contribution < 1.29 is 9.47 Å². The van der Waals surface area contributed by atoms with E-state index >= 15 is 0 Å². The van der Waals surface area contributed by atoms with Crippen LogP contribution in [0.5, 0.6) is 11.8 Å². The number of rotatable bonds is 4. The molecule has 0 saturated heterocycles. The SMILES string of the molecule is COc1ccc(-c2ccc(-c3ccc(OC)nc3)nc2)cn1. The van der Waals surface area contributed by atoms with E-state index in [1.165, 1.54) is 0 Å². The van der Waals surface area contributed by atoms with Crippen LogP contribution in [0.15, 0.2) is 55.0 Å². The molecule has 22 heavy (non-hydrogen) atoms. The van der Waals surface area contributed by atoms with Crippen LogP contribution in [0.1, 0.15) is 0 Å². The molecule has 0 bridgehead atoms. The number of hydrogen-bond acceptors (Lipinski definition) is 5. The molecule has 0 amide bonds. The molecule has 5 heteroatoms. The van der Waals surface area contributed by atoms with Crippen molar-refractivity contribution in [2.45, 2.75) is 0 Å². The Balaban J connectivity index is 1.84. The molecule has 3 aromatic heterocycles. The van der Waals surface area contributed by atoms with Gasteiger partial charge >= 0.3 is 0 Å². The summed E-state index contributed by atoms with van der Waals surface area (Å²) in [5.41, 5.74) is 3.80. The standard InChI is InChI=1S/C17H15N3O2/c1-21-16-7-4-13(10-19-16)12-3-6-15(18-9-12)14-5-8-17(22-2)20-11-14/h3-11H,1-2H3. The number of aromatic nitrogens is 3. The lowest BCUT2D eigenvalue weighted by Crippen LogP contribution is -1.90. The summed E-state index contributed by atoms with van der Waals surface area (Å²) in [5, 5.41) is 0. The lowest BCUT2D eigenvalue weighted by atomic mass is 10.1. The first-order valence-electron chi connectivity index (χ1n) is 6.77. The molecule has 110 valence electrons. The summed E-state index contributed by atoms with van der Waals surface area (Å²) in [4.78, 5) is 12.9. The number of methoxy groups -OCH3 is 2. The molecule has 0 saturated carbocycles. The summed E-state index contributed by atoms with van der Waals surface area (Å²) in [6.07, 6.45) is 5.34. The van der Waals surface area contributed by atoms with E-state index in [4.69, 9.17) is 9.47 Å². The van der Waals surface area contributed by atoms with Crippen molar-refractivity contribution in [2.24, 2.45) is 0 Å². The highest BCUT2D eigenvalue weighted by molar-refractivity contribution is 5.66. The molecule has 0 aliphatic carbocycles. The van der Waals surface area contributed by atoms with Crippen molar-refractivity contribution in [3.8, 4) is 34.1 Å². The van der Waals surface area contributed by atoms with Crippen LogP contribution in [0, 0.1) is 0 Å². The van der Waals surface area contributed by atoms with Crippen LogP contribution in [0.4, 0.5) is 0 Å². The van der Waals surface area contributed by atoms with Gasteiger partial charge in [0.25, 0.3) is 0 Å². The van der Waals surface area contributed by atoms with Gasteiger partial charge in [0.2, 0.25) is 11.8 Å². The van der Waals surface area contributed by atoms with E-state index in [0.717, 1.165) is 22.4 Å². The zero-order valence-electron chi connectivity index (χ0n) is 12.4. The molecule has 0 unspecified atom stereocenters. The van der Waals surface area contributed by atoms with E-state index in [0.29, 0.717) is 11.8 Å². The Bertz CT molecular complexity index is 672. The van der Waals surface area contributed by atoms with Gasteiger partial charge in [0.15, 0.2) is 0 Å². The molecule has 0 atom stereocenters. The Morgan fingerprint density at radius 2 is 1.09 bits per heavy atom. The molecular weight excluding hydrogens is 278 g/mol. The third kappa shape index (κ3) is 2.88. The summed E-state index contributed by atoms with van der Waals surface area (Å²) in [6.45, 7) is 0. The second-order valence-corrected chi connectivity index (χ2v) is 4.61. The minimum Gasteiger partial charge on any atom is -0.481 e. The fourth-order valence-electron chi connectivity index (χ4n) is 2.06. The normalized spacial score (nSPS) is 10.3. The molecule has 3 heterocycles. The first kappa shape index (κ1) is 14.0. The third-order valence-corrected chi connectivity index (χ3v) is 3.28. The van der Waals surface area contributed by atoms with E-state index in [2.05, 4.69) is 15.0 Å². The Morgan fingerprint density at radius 1 is 0.591 bits per heavy atom. The molecule has 0 aliphatic heterocycles. The van der Waals surface area contributed by atoms with Crippen LogP contribution in [-0.2, 0) is 0 Å². The van der Waals surface area contributed by atoms with Crippen molar-refractivity contribution in [2.75, 3.05) is 14.2 Å². The van der Waals surface area contributed by atoms with E-state index < -0.39 is 0 Å². The highest BCUT2D eigenvalue weighted by atomic mass is 16.5. The fraction of sp³-hybridized carbons (Fsp3) is 0.118. The van der Waals surface area contributed by atoms with E-state index in [9.17, 15) is 0 Å². The largest absolute Gasteiger partial charge is 0.481 e. The Kier molecular flexibility index (Phi) is 3.96. The summed E-state index contributed by atoms with van der Waals surface area (Å²) in [5.74, 6) is 1.18. The van der Waals surface area contributed by atoms with Crippen molar-refractivity contribution in [3.05, 3.63) is 55.0 Å². The molecule has 0 aliphatic rings. The van der Waals surface area contributed by atoms with Crippen LogP contribution in [0.2, 0.25) is 0 Å². The van der Waals surface area contributed by atoms with Crippen LogP contribution in [-0.4, -0.2) is 29.2 Å².